The summed E-state index contributed by atoms with van der Waals surface area (Å²) in [6.45, 7) is 4.94. The fourth-order valence-electron chi connectivity index (χ4n) is 6.86. The first-order valence-electron chi connectivity index (χ1n) is 22.3. The lowest BCUT2D eigenvalue weighted by atomic mass is 9.96. The lowest BCUT2D eigenvalue weighted by Crippen LogP contribution is -2.61. The van der Waals surface area contributed by atoms with Gasteiger partial charge in [-0.3, -0.25) is 38.6 Å². The van der Waals surface area contributed by atoms with Crippen LogP contribution in [0.15, 0.2) is 89.9 Å². The van der Waals surface area contributed by atoms with E-state index in [2.05, 4.69) is 36.9 Å². The zero-order valence-electron chi connectivity index (χ0n) is 38.5. The largest absolute Gasteiger partial charge is 0.508 e. The number of primary amides is 1. The van der Waals surface area contributed by atoms with Gasteiger partial charge in [0.1, 0.15) is 42.0 Å². The van der Waals surface area contributed by atoms with E-state index in [1.165, 1.54) is 31.2 Å². The van der Waals surface area contributed by atoms with Crippen LogP contribution in [0.2, 0.25) is 0 Å². The molecule has 3 rings (SSSR count). The number of carbonyl (C=O) groups excluding carboxylic acids is 7. The molecule has 0 radical (unpaired) electrons. The number of aromatic hydroxyl groups is 1. The number of amides is 7. The molecule has 0 saturated heterocycles. The van der Waals surface area contributed by atoms with Gasteiger partial charge in [-0.2, -0.15) is 0 Å². The predicted molar refractivity (Wildman–Crippen MR) is 253 cm³/mol. The average Bonchev–Trinajstić information content (AvgIpc) is 3.30. The molecule has 368 valence electrons. The molecule has 7 amide bonds. The van der Waals surface area contributed by atoms with Crippen molar-refractivity contribution in [1.29, 1.82) is 0 Å². The van der Waals surface area contributed by atoms with E-state index >= 15 is 0 Å². The maximum atomic E-state index is 14.5. The summed E-state index contributed by atoms with van der Waals surface area (Å²) in [5, 5.41) is 35.2. The molecule has 0 aromatic heterocycles. The number of carboxylic acids is 1. The van der Waals surface area contributed by atoms with Gasteiger partial charge in [-0.15, -0.1) is 0 Å². The third-order valence-corrected chi connectivity index (χ3v) is 11.0. The number of nitrogens with two attached hydrogens (primary N) is 4. The quantitative estimate of drug-likeness (QED) is 0.0240. The first-order chi connectivity index (χ1) is 32.3. The van der Waals surface area contributed by atoms with E-state index in [4.69, 9.17) is 22.9 Å². The van der Waals surface area contributed by atoms with Gasteiger partial charge in [-0.1, -0.05) is 93.1 Å². The average molecular weight is 944 g/mol. The second-order valence-corrected chi connectivity index (χ2v) is 16.5. The number of guanidine groups is 1. The number of aliphatic imine (C=N–C) groups is 1. The summed E-state index contributed by atoms with van der Waals surface area (Å²) in [6.07, 6.45) is -0.0844. The number of aliphatic carboxylic acids is 1. The van der Waals surface area contributed by atoms with Crippen LogP contribution in [0.3, 0.4) is 0 Å². The molecule has 21 nitrogen and oxygen atoms in total. The van der Waals surface area contributed by atoms with Crippen LogP contribution in [0.5, 0.6) is 5.75 Å². The van der Waals surface area contributed by atoms with Gasteiger partial charge < -0.3 is 65.0 Å². The van der Waals surface area contributed by atoms with E-state index in [-0.39, 0.29) is 63.2 Å². The van der Waals surface area contributed by atoms with Crippen LogP contribution in [0.25, 0.3) is 0 Å². The number of hydrogen-bond donors (Lipinski definition) is 12. The molecule has 0 fully saturated rings. The van der Waals surface area contributed by atoms with Gasteiger partial charge in [0.25, 0.3) is 0 Å². The van der Waals surface area contributed by atoms with Crippen LogP contribution in [0, 0.1) is 5.92 Å². The number of phenolic OH excluding ortho intramolecular Hbond substituents is 1. The summed E-state index contributed by atoms with van der Waals surface area (Å²) >= 11 is 0. The van der Waals surface area contributed by atoms with Gasteiger partial charge in [0.05, 0.1) is 6.04 Å². The van der Waals surface area contributed by atoms with E-state index < -0.39 is 95.5 Å². The summed E-state index contributed by atoms with van der Waals surface area (Å²) < 4.78 is 0. The molecule has 21 heteroatoms. The number of hydrogen-bond acceptors (Lipinski definition) is 11. The van der Waals surface area contributed by atoms with E-state index in [1.807, 2.05) is 37.3 Å². The third-order valence-electron chi connectivity index (χ3n) is 11.0. The topological polar surface area (TPSA) is 366 Å². The van der Waals surface area contributed by atoms with Gasteiger partial charge in [0.15, 0.2) is 5.96 Å². The normalized spacial score (nSPS) is 14.4. The van der Waals surface area contributed by atoms with Crippen molar-refractivity contribution in [2.45, 2.75) is 114 Å². The van der Waals surface area contributed by atoms with Gasteiger partial charge in [0, 0.05) is 25.8 Å². The number of nitrogens with one attached hydrogen (secondary N) is 6. The SMILES string of the molecule is CC[C@H](C)[C@H](NC(=O)[C@@H](N)Cc1ccccc1)C(=O)N[C@@H](Cc1ccccc1)C(=O)N[C@@H](Cc1ccc(O)cc1)C(=O)N[C@@H](CCCN=C(N)N)C(=O)N[C@@H](C)C(=O)N[C@@H](CCC(N)=O)C(=O)O. The first kappa shape index (κ1) is 54.8. The molecule has 3 aromatic rings. The zero-order valence-corrected chi connectivity index (χ0v) is 38.5. The Bertz CT molecular complexity index is 2190. The Morgan fingerprint density at radius 1 is 0.574 bits per heavy atom. The van der Waals surface area contributed by atoms with Crippen LogP contribution >= 0.6 is 0 Å². The Morgan fingerprint density at radius 3 is 1.57 bits per heavy atom. The molecule has 3 aromatic carbocycles. The number of carbonyl (C=O) groups is 8. The van der Waals surface area contributed by atoms with Crippen LogP contribution in [0.1, 0.15) is 69.6 Å². The molecule has 0 heterocycles. The molecule has 0 bridgehead atoms. The first-order valence-corrected chi connectivity index (χ1v) is 22.3. The molecule has 68 heavy (non-hydrogen) atoms. The lowest BCUT2D eigenvalue weighted by molar-refractivity contribution is -0.142. The molecule has 8 atom stereocenters. The maximum Gasteiger partial charge on any atom is 0.326 e. The summed E-state index contributed by atoms with van der Waals surface area (Å²) in [4.78, 5) is 110. The third kappa shape index (κ3) is 19.1. The van der Waals surface area contributed by atoms with Gasteiger partial charge in [-0.25, -0.2) is 4.79 Å². The van der Waals surface area contributed by atoms with Gasteiger partial charge >= 0.3 is 5.97 Å². The highest BCUT2D eigenvalue weighted by atomic mass is 16.4. The van der Waals surface area contributed by atoms with E-state index in [0.717, 1.165) is 5.56 Å². The summed E-state index contributed by atoms with van der Waals surface area (Å²) in [5.41, 5.74) is 24.3. The van der Waals surface area contributed by atoms with Crippen LogP contribution in [-0.2, 0) is 57.6 Å². The maximum absolute atomic E-state index is 14.5. The minimum atomic E-state index is -1.49. The summed E-state index contributed by atoms with van der Waals surface area (Å²) in [5.74, 6) is -7.56. The Morgan fingerprint density at radius 2 is 1.06 bits per heavy atom. The van der Waals surface area contributed by atoms with Crippen LogP contribution in [-0.4, -0.2) is 112 Å². The van der Waals surface area contributed by atoms with Gasteiger partial charge in [-0.05, 0) is 67.3 Å². The van der Waals surface area contributed by atoms with Crippen molar-refractivity contribution in [2.75, 3.05) is 6.54 Å². The van der Waals surface area contributed by atoms with E-state index in [0.29, 0.717) is 17.5 Å². The highest BCUT2D eigenvalue weighted by Crippen LogP contribution is 2.15. The predicted octanol–water partition coefficient (Wildman–Crippen LogP) is -0.874. The lowest BCUT2D eigenvalue weighted by Gasteiger charge is -2.29. The molecule has 0 unspecified atom stereocenters. The van der Waals surface area contributed by atoms with Crippen molar-refractivity contribution in [3.05, 3.63) is 102 Å². The van der Waals surface area contributed by atoms with Crippen LogP contribution in [0.4, 0.5) is 0 Å². The molecular formula is C47H65N11O10. The molecule has 0 aliphatic carbocycles. The smallest absolute Gasteiger partial charge is 0.326 e. The standard InChI is InChI=1S/C47H65N11O10/c1-4-27(2)39(58-41(62)33(48)24-29-12-7-5-8-13-29)45(66)57-37(25-30-14-9-6-10-15-30)44(65)56-36(26-31-17-19-32(59)20-18-31)43(64)54-34(16-11-23-52-47(50)51)42(63)53-28(3)40(61)55-35(46(67)68)21-22-38(49)60/h5-10,12-15,17-20,27-28,33-37,39,59H,4,11,16,21-26,48H2,1-3H3,(H2,49,60)(H,53,63)(H,54,64)(H,55,61)(H,56,65)(H,57,66)(H,58,62)(H,67,68)(H4,50,51,52)/t27-,28-,33-,34-,35-,36-,37-,39-/m0/s1. The minimum Gasteiger partial charge on any atom is -0.508 e. The second kappa shape index (κ2) is 27.8. The van der Waals surface area contributed by atoms with Crippen molar-refractivity contribution in [3.8, 4) is 5.75 Å². The molecule has 0 saturated carbocycles. The highest BCUT2D eigenvalue weighted by molar-refractivity contribution is 5.97. The molecule has 16 N–H and O–H groups in total. The highest BCUT2D eigenvalue weighted by Gasteiger charge is 2.34. The Balaban J connectivity index is 1.93. The number of rotatable bonds is 28. The Labute approximate surface area is 395 Å². The molecular weight excluding hydrogens is 879 g/mol. The monoisotopic (exact) mass is 943 g/mol. The number of nitrogens with zero attached hydrogens (tertiary/aromatic N) is 1. The number of carboxylic acid groups (broad SMARTS) is 1. The molecule has 0 aliphatic heterocycles. The zero-order chi connectivity index (χ0) is 50.3. The van der Waals surface area contributed by atoms with E-state index in [9.17, 15) is 48.6 Å². The number of benzene rings is 3. The fraction of sp³-hybridized carbons (Fsp3) is 0.426. The van der Waals surface area contributed by atoms with Crippen molar-refractivity contribution in [3.63, 3.8) is 0 Å². The van der Waals surface area contributed by atoms with Crippen molar-refractivity contribution >= 4 is 53.3 Å². The fourth-order valence-corrected chi connectivity index (χ4v) is 6.86. The Kier molecular flexibility index (Phi) is 22.4. The second-order valence-electron chi connectivity index (χ2n) is 16.5. The molecule has 0 aliphatic rings. The Hall–Kier alpha value is -7.55. The number of phenols is 1. The van der Waals surface area contributed by atoms with Gasteiger partial charge in [0.2, 0.25) is 41.4 Å². The summed E-state index contributed by atoms with van der Waals surface area (Å²) in [7, 11) is 0. The van der Waals surface area contributed by atoms with Crippen molar-refractivity contribution in [2.24, 2.45) is 33.8 Å². The van der Waals surface area contributed by atoms with E-state index in [1.54, 1.807) is 37.3 Å². The summed E-state index contributed by atoms with van der Waals surface area (Å²) in [6, 6.07) is 14.7. The molecule has 0 spiro atoms. The van der Waals surface area contributed by atoms with Crippen LogP contribution < -0.4 is 54.8 Å². The minimum absolute atomic E-state index is 0.0400. The van der Waals surface area contributed by atoms with Crippen molar-refractivity contribution < 1.29 is 48.6 Å². The van der Waals surface area contributed by atoms with Crippen molar-refractivity contribution in [1.82, 2.24) is 31.9 Å².